The number of aliphatic carboxylic acids is 1. The molecule has 0 saturated carbocycles. The van der Waals surface area contributed by atoms with Gasteiger partial charge in [0.2, 0.25) is 0 Å². The van der Waals surface area contributed by atoms with Gasteiger partial charge in [0.25, 0.3) is 0 Å². The van der Waals surface area contributed by atoms with E-state index in [1.54, 1.807) is 4.90 Å². The van der Waals surface area contributed by atoms with E-state index in [1.165, 1.54) is 0 Å². The summed E-state index contributed by atoms with van der Waals surface area (Å²) >= 11 is 0. The Labute approximate surface area is 90.6 Å². The van der Waals surface area contributed by atoms with Gasteiger partial charge in [-0.05, 0) is 20.8 Å². The van der Waals surface area contributed by atoms with Crippen molar-refractivity contribution in [2.75, 3.05) is 26.3 Å². The lowest BCUT2D eigenvalue weighted by molar-refractivity contribution is -0.139. The van der Waals surface area contributed by atoms with Crippen LogP contribution in [0.25, 0.3) is 0 Å². The average Bonchev–Trinajstić information content (AvgIpc) is 2.12. The number of ether oxygens (including phenoxy) is 1. The van der Waals surface area contributed by atoms with E-state index in [4.69, 9.17) is 9.84 Å². The predicted octanol–water partition coefficient (Wildman–Crippen LogP) is 0.179. The van der Waals surface area contributed by atoms with Gasteiger partial charge < -0.3 is 14.9 Å². The Hall–Kier alpha value is -0.650. The van der Waals surface area contributed by atoms with E-state index < -0.39 is 12.1 Å². The highest BCUT2D eigenvalue weighted by atomic mass is 16.5. The van der Waals surface area contributed by atoms with Crippen LogP contribution in [0, 0.1) is 0 Å². The van der Waals surface area contributed by atoms with Gasteiger partial charge in [0.05, 0.1) is 19.3 Å². The number of aliphatic hydroxyl groups is 1. The number of rotatable bonds is 8. The first-order valence-electron chi connectivity index (χ1n) is 5.19. The summed E-state index contributed by atoms with van der Waals surface area (Å²) in [5.41, 5.74) is 0. The van der Waals surface area contributed by atoms with Gasteiger partial charge in [-0.25, -0.2) is 0 Å². The minimum absolute atomic E-state index is 0.0547. The topological polar surface area (TPSA) is 70.0 Å². The van der Waals surface area contributed by atoms with Crippen molar-refractivity contribution in [1.29, 1.82) is 0 Å². The molecule has 0 spiro atoms. The number of nitrogens with zero attached hydrogens (tertiary/aromatic N) is 1. The molecule has 0 fully saturated rings. The standard InChI is InChI=1S/C10H21NO4/c1-4-15-7-9(12)5-11(8(2)3)6-10(13)14/h8-9,12H,4-7H2,1-3H3,(H,13,14). The lowest BCUT2D eigenvalue weighted by Gasteiger charge is -2.26. The maximum absolute atomic E-state index is 10.6. The van der Waals surface area contributed by atoms with E-state index in [1.807, 2.05) is 20.8 Å². The first-order valence-corrected chi connectivity index (χ1v) is 5.19. The first-order chi connectivity index (χ1) is 6.97. The molecule has 1 unspecified atom stereocenters. The maximum atomic E-state index is 10.6. The summed E-state index contributed by atoms with van der Waals surface area (Å²) in [4.78, 5) is 12.3. The quantitative estimate of drug-likeness (QED) is 0.609. The van der Waals surface area contributed by atoms with Gasteiger partial charge in [-0.1, -0.05) is 0 Å². The molecule has 0 radical (unpaired) electrons. The fourth-order valence-electron chi connectivity index (χ4n) is 1.21. The van der Waals surface area contributed by atoms with Crippen molar-refractivity contribution in [2.24, 2.45) is 0 Å². The van der Waals surface area contributed by atoms with Crippen LogP contribution < -0.4 is 0 Å². The second kappa shape index (κ2) is 7.62. The molecule has 5 nitrogen and oxygen atoms in total. The number of carbonyl (C=O) groups is 1. The molecule has 15 heavy (non-hydrogen) atoms. The lowest BCUT2D eigenvalue weighted by Crippen LogP contribution is -2.42. The third-order valence-electron chi connectivity index (χ3n) is 2.03. The first kappa shape index (κ1) is 14.3. The molecule has 2 N–H and O–H groups in total. The molecule has 0 bridgehead atoms. The zero-order valence-electron chi connectivity index (χ0n) is 9.64. The molecule has 0 aliphatic carbocycles. The SMILES string of the molecule is CCOCC(O)CN(CC(=O)O)C(C)C. The van der Waals surface area contributed by atoms with Crippen molar-refractivity contribution in [3.05, 3.63) is 0 Å². The van der Waals surface area contributed by atoms with Crippen LogP contribution in [-0.4, -0.2) is 59.5 Å². The van der Waals surface area contributed by atoms with Crippen LogP contribution in [0.2, 0.25) is 0 Å². The van der Waals surface area contributed by atoms with Crippen LogP contribution >= 0.6 is 0 Å². The lowest BCUT2D eigenvalue weighted by atomic mass is 10.2. The third kappa shape index (κ3) is 7.30. The minimum Gasteiger partial charge on any atom is -0.480 e. The molecule has 1 atom stereocenters. The predicted molar refractivity (Wildman–Crippen MR) is 56.8 cm³/mol. The molecule has 0 heterocycles. The van der Waals surface area contributed by atoms with Gasteiger partial charge in [-0.15, -0.1) is 0 Å². The van der Waals surface area contributed by atoms with Crippen molar-refractivity contribution in [2.45, 2.75) is 32.9 Å². The van der Waals surface area contributed by atoms with E-state index in [-0.39, 0.29) is 19.2 Å². The summed E-state index contributed by atoms with van der Waals surface area (Å²) in [5.74, 6) is -0.882. The molecule has 5 heteroatoms. The Morgan fingerprint density at radius 1 is 1.47 bits per heavy atom. The van der Waals surface area contributed by atoms with Crippen molar-refractivity contribution >= 4 is 5.97 Å². The summed E-state index contributed by atoms with van der Waals surface area (Å²) in [6.45, 7) is 6.72. The summed E-state index contributed by atoms with van der Waals surface area (Å²) in [6, 6.07) is 0.0948. The van der Waals surface area contributed by atoms with E-state index in [0.29, 0.717) is 13.2 Å². The smallest absolute Gasteiger partial charge is 0.317 e. The Kier molecular flexibility index (Phi) is 7.29. The summed E-state index contributed by atoms with van der Waals surface area (Å²) in [6.07, 6.45) is -0.633. The van der Waals surface area contributed by atoms with Crippen LogP contribution in [-0.2, 0) is 9.53 Å². The zero-order chi connectivity index (χ0) is 11.8. The van der Waals surface area contributed by atoms with Crippen molar-refractivity contribution in [1.82, 2.24) is 4.90 Å². The van der Waals surface area contributed by atoms with E-state index in [0.717, 1.165) is 0 Å². The van der Waals surface area contributed by atoms with Gasteiger partial charge in [-0.2, -0.15) is 0 Å². The van der Waals surface area contributed by atoms with Crippen molar-refractivity contribution in [3.63, 3.8) is 0 Å². The fraction of sp³-hybridized carbons (Fsp3) is 0.900. The van der Waals surface area contributed by atoms with Crippen molar-refractivity contribution < 1.29 is 19.7 Å². The monoisotopic (exact) mass is 219 g/mol. The van der Waals surface area contributed by atoms with Crippen LogP contribution in [0.15, 0.2) is 0 Å². The molecule has 0 rings (SSSR count). The number of carboxylic acid groups (broad SMARTS) is 1. The van der Waals surface area contributed by atoms with Gasteiger partial charge in [-0.3, -0.25) is 9.69 Å². The Morgan fingerprint density at radius 3 is 2.47 bits per heavy atom. The number of aliphatic hydroxyl groups excluding tert-OH is 1. The summed E-state index contributed by atoms with van der Waals surface area (Å²) in [7, 11) is 0. The molecular formula is C10H21NO4. The molecule has 0 aliphatic heterocycles. The van der Waals surface area contributed by atoms with E-state index in [2.05, 4.69) is 0 Å². The summed E-state index contributed by atoms with van der Waals surface area (Å²) in [5, 5.41) is 18.2. The van der Waals surface area contributed by atoms with E-state index >= 15 is 0 Å². The molecule has 0 aliphatic rings. The highest BCUT2D eigenvalue weighted by Gasteiger charge is 2.17. The minimum atomic E-state index is -0.882. The Morgan fingerprint density at radius 2 is 2.07 bits per heavy atom. The largest absolute Gasteiger partial charge is 0.480 e. The molecule has 0 aromatic rings. The molecule has 90 valence electrons. The number of hydrogen-bond donors (Lipinski definition) is 2. The summed E-state index contributed by atoms with van der Waals surface area (Å²) < 4.78 is 5.06. The van der Waals surface area contributed by atoms with Crippen LogP contribution in [0.3, 0.4) is 0 Å². The molecular weight excluding hydrogens is 198 g/mol. The second-order valence-electron chi connectivity index (χ2n) is 3.73. The number of carboxylic acids is 1. The molecule has 0 amide bonds. The highest BCUT2D eigenvalue weighted by Crippen LogP contribution is 2.00. The molecule has 0 aromatic carbocycles. The third-order valence-corrected chi connectivity index (χ3v) is 2.03. The van der Waals surface area contributed by atoms with Crippen LogP contribution in [0.4, 0.5) is 0 Å². The van der Waals surface area contributed by atoms with Gasteiger partial charge in [0.1, 0.15) is 0 Å². The van der Waals surface area contributed by atoms with E-state index in [9.17, 15) is 9.90 Å². The molecule has 0 saturated heterocycles. The van der Waals surface area contributed by atoms with Gasteiger partial charge >= 0.3 is 5.97 Å². The van der Waals surface area contributed by atoms with Crippen LogP contribution in [0.5, 0.6) is 0 Å². The van der Waals surface area contributed by atoms with Gasteiger partial charge in [0.15, 0.2) is 0 Å². The highest BCUT2D eigenvalue weighted by molar-refractivity contribution is 5.69. The molecule has 0 aromatic heterocycles. The van der Waals surface area contributed by atoms with Crippen LogP contribution in [0.1, 0.15) is 20.8 Å². The average molecular weight is 219 g/mol. The second-order valence-corrected chi connectivity index (χ2v) is 3.73. The number of hydrogen-bond acceptors (Lipinski definition) is 4. The fourth-order valence-corrected chi connectivity index (χ4v) is 1.21. The van der Waals surface area contributed by atoms with Gasteiger partial charge in [0, 0.05) is 19.2 Å². The Bertz CT molecular complexity index is 184. The normalized spacial score (nSPS) is 13.5. The zero-order valence-corrected chi connectivity index (χ0v) is 9.64. The Balaban J connectivity index is 3.98. The van der Waals surface area contributed by atoms with Crippen molar-refractivity contribution in [3.8, 4) is 0 Å². The maximum Gasteiger partial charge on any atom is 0.317 e.